The van der Waals surface area contributed by atoms with Crippen LogP contribution in [0.25, 0.3) is 0 Å². The molecule has 0 bridgehead atoms. The third-order valence-electron chi connectivity index (χ3n) is 4.74. The molecule has 0 unspecified atom stereocenters. The Labute approximate surface area is 173 Å². The first-order valence-electron chi connectivity index (χ1n) is 9.81. The Balaban J connectivity index is 1.66. The molecule has 1 aromatic carbocycles. The average molecular weight is 410 g/mol. The normalized spacial score (nSPS) is 15.5. The van der Waals surface area contributed by atoms with Crippen LogP contribution >= 0.6 is 11.6 Å². The van der Waals surface area contributed by atoms with Crippen LogP contribution in [0.5, 0.6) is 0 Å². The van der Waals surface area contributed by atoms with E-state index >= 15 is 0 Å². The van der Waals surface area contributed by atoms with Crippen molar-refractivity contribution in [2.75, 3.05) is 66.6 Å². The fourth-order valence-electron chi connectivity index (χ4n) is 3.18. The summed E-state index contributed by atoms with van der Waals surface area (Å²) in [6, 6.07) is 7.97. The van der Waals surface area contributed by atoms with E-state index in [1.54, 1.807) is 7.11 Å². The molecule has 0 aliphatic carbocycles. The average Bonchev–Trinajstić information content (AvgIpc) is 2.70. The summed E-state index contributed by atoms with van der Waals surface area (Å²) in [5.74, 6) is 0.968. The van der Waals surface area contributed by atoms with Crippen LogP contribution in [0.4, 0.5) is 0 Å². The van der Waals surface area contributed by atoms with Gasteiger partial charge in [0.15, 0.2) is 5.96 Å². The van der Waals surface area contributed by atoms with Crippen LogP contribution in [0.3, 0.4) is 0 Å². The van der Waals surface area contributed by atoms with E-state index in [0.29, 0.717) is 19.7 Å². The molecule has 0 atom stereocenters. The van der Waals surface area contributed by atoms with Gasteiger partial charge in [0.05, 0.1) is 13.2 Å². The van der Waals surface area contributed by atoms with Gasteiger partial charge in [-0.15, -0.1) is 0 Å². The van der Waals surface area contributed by atoms with Crippen LogP contribution < -0.4 is 10.6 Å². The summed E-state index contributed by atoms with van der Waals surface area (Å²) in [6.45, 7) is 5.78. The topological polar surface area (TPSA) is 69.2 Å². The maximum atomic E-state index is 11.9. The molecular formula is C20H32ClN5O2. The molecule has 1 aliphatic heterocycles. The summed E-state index contributed by atoms with van der Waals surface area (Å²) in [5.41, 5.74) is 1.18. The zero-order valence-electron chi connectivity index (χ0n) is 16.9. The second kappa shape index (κ2) is 12.6. The largest absolute Gasteiger partial charge is 0.383 e. The van der Waals surface area contributed by atoms with E-state index in [1.807, 2.05) is 25.2 Å². The quantitative estimate of drug-likeness (QED) is 0.365. The van der Waals surface area contributed by atoms with Crippen LogP contribution in [0.15, 0.2) is 29.3 Å². The smallest absolute Gasteiger partial charge is 0.234 e. The van der Waals surface area contributed by atoms with E-state index in [-0.39, 0.29) is 5.91 Å². The van der Waals surface area contributed by atoms with E-state index in [9.17, 15) is 4.79 Å². The van der Waals surface area contributed by atoms with E-state index in [2.05, 4.69) is 31.5 Å². The molecule has 2 N–H and O–H groups in total. The number of carbonyl (C=O) groups excluding carboxylic acids is 1. The lowest BCUT2D eigenvalue weighted by molar-refractivity contribution is -0.122. The van der Waals surface area contributed by atoms with Crippen molar-refractivity contribution in [1.29, 1.82) is 0 Å². The molecule has 7 nitrogen and oxygen atoms in total. The lowest BCUT2D eigenvalue weighted by Crippen LogP contribution is -2.54. The van der Waals surface area contributed by atoms with Gasteiger partial charge in [-0.2, -0.15) is 0 Å². The first-order valence-corrected chi connectivity index (χ1v) is 10.2. The SMILES string of the molecule is CN=C(NCCCc1ccccc1Cl)N1CCN(CC(=O)NCCOC)CC1. The molecule has 1 aromatic rings. The first-order chi connectivity index (χ1) is 13.6. The summed E-state index contributed by atoms with van der Waals surface area (Å²) in [7, 11) is 3.44. The lowest BCUT2D eigenvalue weighted by atomic mass is 10.1. The van der Waals surface area contributed by atoms with Crippen LogP contribution in [-0.4, -0.2) is 88.2 Å². The van der Waals surface area contributed by atoms with Gasteiger partial charge in [-0.25, -0.2) is 0 Å². The molecule has 0 radical (unpaired) electrons. The molecule has 1 amide bonds. The minimum atomic E-state index is 0.0487. The Hall–Kier alpha value is -1.83. The highest BCUT2D eigenvalue weighted by atomic mass is 35.5. The summed E-state index contributed by atoms with van der Waals surface area (Å²) in [5, 5.41) is 7.13. The number of amides is 1. The van der Waals surface area contributed by atoms with Crippen molar-refractivity contribution >= 4 is 23.5 Å². The molecular weight excluding hydrogens is 378 g/mol. The Morgan fingerprint density at radius 2 is 1.93 bits per heavy atom. The predicted molar refractivity (Wildman–Crippen MR) is 114 cm³/mol. The highest BCUT2D eigenvalue weighted by Gasteiger charge is 2.20. The molecule has 1 saturated heterocycles. The molecule has 0 saturated carbocycles. The van der Waals surface area contributed by atoms with Gasteiger partial charge in [0, 0.05) is 58.4 Å². The van der Waals surface area contributed by atoms with Crippen LogP contribution in [0.1, 0.15) is 12.0 Å². The van der Waals surface area contributed by atoms with Crippen molar-refractivity contribution in [3.8, 4) is 0 Å². The van der Waals surface area contributed by atoms with Gasteiger partial charge < -0.3 is 20.3 Å². The fraction of sp³-hybridized carbons (Fsp3) is 0.600. The number of halogens is 1. The standard InChI is InChI=1S/C20H32ClN5O2/c1-22-20(24-9-5-7-17-6-3-4-8-18(17)21)26-13-11-25(12-14-26)16-19(27)23-10-15-28-2/h3-4,6,8H,5,7,9-16H2,1-2H3,(H,22,24)(H,23,27). The third kappa shape index (κ3) is 7.66. The number of hydrogen-bond donors (Lipinski definition) is 2. The molecule has 0 spiro atoms. The number of piperazine rings is 1. The van der Waals surface area contributed by atoms with Crippen LogP contribution in [0, 0.1) is 0 Å². The molecule has 1 aliphatic rings. The van der Waals surface area contributed by atoms with Crippen molar-refractivity contribution in [3.63, 3.8) is 0 Å². The fourth-order valence-corrected chi connectivity index (χ4v) is 3.41. The number of nitrogens with zero attached hydrogens (tertiary/aromatic N) is 3. The third-order valence-corrected chi connectivity index (χ3v) is 5.11. The summed E-state index contributed by atoms with van der Waals surface area (Å²) in [4.78, 5) is 20.7. The number of methoxy groups -OCH3 is 1. The second-order valence-corrected chi connectivity index (χ2v) is 7.18. The molecule has 156 valence electrons. The number of guanidine groups is 1. The Bertz CT molecular complexity index is 633. The van der Waals surface area contributed by atoms with Gasteiger partial charge >= 0.3 is 0 Å². The first kappa shape index (κ1) is 22.5. The maximum absolute atomic E-state index is 11.9. The zero-order valence-corrected chi connectivity index (χ0v) is 17.7. The van der Waals surface area contributed by atoms with Gasteiger partial charge in [0.25, 0.3) is 0 Å². The molecule has 1 fully saturated rings. The molecule has 28 heavy (non-hydrogen) atoms. The minimum Gasteiger partial charge on any atom is -0.383 e. The Morgan fingerprint density at radius 3 is 2.61 bits per heavy atom. The predicted octanol–water partition coefficient (Wildman–Crippen LogP) is 1.23. The monoisotopic (exact) mass is 409 g/mol. The highest BCUT2D eigenvalue weighted by Crippen LogP contribution is 2.16. The van der Waals surface area contributed by atoms with Crippen molar-refractivity contribution < 1.29 is 9.53 Å². The van der Waals surface area contributed by atoms with E-state index in [1.165, 1.54) is 5.56 Å². The van der Waals surface area contributed by atoms with Crippen molar-refractivity contribution in [2.45, 2.75) is 12.8 Å². The number of rotatable bonds is 9. The second-order valence-electron chi connectivity index (χ2n) is 6.77. The number of benzene rings is 1. The summed E-state index contributed by atoms with van der Waals surface area (Å²) >= 11 is 6.21. The van der Waals surface area contributed by atoms with E-state index in [4.69, 9.17) is 16.3 Å². The van der Waals surface area contributed by atoms with Gasteiger partial charge in [-0.1, -0.05) is 29.8 Å². The van der Waals surface area contributed by atoms with Gasteiger partial charge in [-0.05, 0) is 24.5 Å². The van der Waals surface area contributed by atoms with Gasteiger partial charge in [-0.3, -0.25) is 14.7 Å². The molecule has 8 heteroatoms. The maximum Gasteiger partial charge on any atom is 0.234 e. The number of ether oxygens (including phenoxy) is 1. The number of aliphatic imine (C=N–C) groups is 1. The minimum absolute atomic E-state index is 0.0487. The number of nitrogens with one attached hydrogen (secondary N) is 2. The summed E-state index contributed by atoms with van der Waals surface area (Å²) < 4.78 is 4.94. The van der Waals surface area contributed by atoms with Crippen molar-refractivity contribution in [3.05, 3.63) is 34.9 Å². The van der Waals surface area contributed by atoms with E-state index < -0.39 is 0 Å². The zero-order chi connectivity index (χ0) is 20.2. The van der Waals surface area contributed by atoms with Crippen LogP contribution in [-0.2, 0) is 16.0 Å². The van der Waals surface area contributed by atoms with Gasteiger partial charge in [0.2, 0.25) is 5.91 Å². The highest BCUT2D eigenvalue weighted by molar-refractivity contribution is 6.31. The van der Waals surface area contributed by atoms with E-state index in [0.717, 1.165) is 56.5 Å². The number of carbonyl (C=O) groups is 1. The van der Waals surface area contributed by atoms with Crippen molar-refractivity contribution in [2.24, 2.45) is 4.99 Å². The molecule has 2 rings (SSSR count). The van der Waals surface area contributed by atoms with Gasteiger partial charge in [0.1, 0.15) is 0 Å². The number of aryl methyl sites for hydroxylation is 1. The lowest BCUT2D eigenvalue weighted by Gasteiger charge is -2.36. The molecule has 0 aromatic heterocycles. The number of hydrogen-bond acceptors (Lipinski definition) is 4. The summed E-state index contributed by atoms with van der Waals surface area (Å²) in [6.07, 6.45) is 1.93. The molecule has 1 heterocycles. The Morgan fingerprint density at radius 1 is 1.18 bits per heavy atom. The Kier molecular flexibility index (Phi) is 10.1. The van der Waals surface area contributed by atoms with Crippen molar-refractivity contribution in [1.82, 2.24) is 20.4 Å². The van der Waals surface area contributed by atoms with Crippen LogP contribution in [0.2, 0.25) is 5.02 Å².